The van der Waals surface area contributed by atoms with Crippen LogP contribution in [-0.4, -0.2) is 6.54 Å². The third-order valence-electron chi connectivity index (χ3n) is 2.83. The number of halogens is 3. The van der Waals surface area contributed by atoms with Gasteiger partial charge >= 0.3 is 0 Å². The highest BCUT2D eigenvalue weighted by Crippen LogP contribution is 2.35. The Morgan fingerprint density at radius 1 is 1.21 bits per heavy atom. The highest BCUT2D eigenvalue weighted by molar-refractivity contribution is 9.10. The highest BCUT2D eigenvalue weighted by atomic mass is 79.9. The van der Waals surface area contributed by atoms with E-state index in [4.69, 9.17) is 11.6 Å². The van der Waals surface area contributed by atoms with Gasteiger partial charge in [0.1, 0.15) is 0 Å². The monoisotopic (exact) mass is 421 g/mol. The predicted molar refractivity (Wildman–Crippen MR) is 91.3 cm³/mol. The molecule has 0 saturated carbocycles. The van der Waals surface area contributed by atoms with Gasteiger partial charge in [-0.25, -0.2) is 0 Å². The van der Waals surface area contributed by atoms with Crippen molar-refractivity contribution in [1.29, 1.82) is 0 Å². The molecule has 2 aromatic rings. The van der Waals surface area contributed by atoms with Crippen molar-refractivity contribution in [2.45, 2.75) is 19.4 Å². The third-order valence-corrected chi connectivity index (χ3v) is 5.50. The maximum atomic E-state index is 6.02. The van der Waals surface area contributed by atoms with Crippen molar-refractivity contribution in [1.82, 2.24) is 5.32 Å². The van der Waals surface area contributed by atoms with E-state index >= 15 is 0 Å². The van der Waals surface area contributed by atoms with E-state index in [1.54, 1.807) is 11.3 Å². The summed E-state index contributed by atoms with van der Waals surface area (Å²) >= 11 is 15.0. The Bertz CT molecular complexity index is 556. The molecule has 1 nitrogen and oxygen atoms in total. The first-order valence-corrected chi connectivity index (χ1v) is 8.94. The van der Waals surface area contributed by atoms with Gasteiger partial charge in [0.25, 0.3) is 0 Å². The molecular weight excluding hydrogens is 409 g/mol. The van der Waals surface area contributed by atoms with E-state index in [1.807, 2.05) is 12.1 Å². The lowest BCUT2D eigenvalue weighted by atomic mass is 10.0. The second-order valence-electron chi connectivity index (χ2n) is 4.23. The number of thiophene rings is 1. The minimum atomic E-state index is 0.173. The van der Waals surface area contributed by atoms with Crippen LogP contribution in [-0.2, 0) is 0 Å². The van der Waals surface area contributed by atoms with Crippen molar-refractivity contribution in [3.8, 4) is 0 Å². The maximum Gasteiger partial charge on any atom is 0.0607 e. The fourth-order valence-electron chi connectivity index (χ4n) is 1.91. The Labute approximate surface area is 139 Å². The van der Waals surface area contributed by atoms with Crippen molar-refractivity contribution in [3.63, 3.8) is 0 Å². The molecule has 19 heavy (non-hydrogen) atoms. The first-order chi connectivity index (χ1) is 9.13. The van der Waals surface area contributed by atoms with Crippen molar-refractivity contribution >= 4 is 54.8 Å². The molecule has 0 aliphatic rings. The lowest BCUT2D eigenvalue weighted by Crippen LogP contribution is -2.23. The van der Waals surface area contributed by atoms with E-state index in [-0.39, 0.29) is 6.04 Å². The average Bonchev–Trinajstić information content (AvgIpc) is 2.78. The third kappa shape index (κ3) is 3.82. The summed E-state index contributed by atoms with van der Waals surface area (Å²) in [6.45, 7) is 3.14. The molecule has 1 unspecified atom stereocenters. The molecule has 0 amide bonds. The summed E-state index contributed by atoms with van der Waals surface area (Å²) < 4.78 is 2.18. The first-order valence-electron chi connectivity index (χ1n) is 6.03. The van der Waals surface area contributed by atoms with Gasteiger partial charge in [-0.3, -0.25) is 0 Å². The molecule has 1 heterocycles. The number of benzene rings is 1. The van der Waals surface area contributed by atoms with Gasteiger partial charge in [0.2, 0.25) is 0 Å². The zero-order valence-electron chi connectivity index (χ0n) is 10.4. The summed E-state index contributed by atoms with van der Waals surface area (Å²) in [6.07, 6.45) is 1.10. The van der Waals surface area contributed by atoms with Gasteiger partial charge < -0.3 is 5.32 Å². The van der Waals surface area contributed by atoms with E-state index in [0.29, 0.717) is 0 Å². The van der Waals surface area contributed by atoms with Crippen LogP contribution >= 0.6 is 54.8 Å². The van der Waals surface area contributed by atoms with Crippen LogP contribution in [0.15, 0.2) is 37.9 Å². The lowest BCUT2D eigenvalue weighted by Gasteiger charge is -2.20. The van der Waals surface area contributed by atoms with Crippen LogP contribution in [0.5, 0.6) is 0 Å². The Morgan fingerprint density at radius 3 is 2.58 bits per heavy atom. The molecule has 102 valence electrons. The summed E-state index contributed by atoms with van der Waals surface area (Å²) in [5.41, 5.74) is 2.47. The molecule has 0 aliphatic heterocycles. The summed E-state index contributed by atoms with van der Waals surface area (Å²) in [4.78, 5) is 0. The van der Waals surface area contributed by atoms with Crippen LogP contribution in [0.3, 0.4) is 0 Å². The molecule has 0 bridgehead atoms. The lowest BCUT2D eigenvalue weighted by molar-refractivity contribution is 0.597. The number of nitrogens with one attached hydrogen (secondary N) is 1. The van der Waals surface area contributed by atoms with Crippen LogP contribution in [0.1, 0.15) is 30.5 Å². The molecule has 0 radical (unpaired) electrons. The van der Waals surface area contributed by atoms with E-state index in [0.717, 1.165) is 26.9 Å². The predicted octanol–water partition coefficient (Wildman–Crippen LogP) is 6.02. The normalized spacial score (nSPS) is 12.6. The zero-order chi connectivity index (χ0) is 13.8. The largest absolute Gasteiger partial charge is 0.306 e. The quantitative estimate of drug-likeness (QED) is 0.620. The molecule has 1 N–H and O–H groups in total. The fraction of sp³-hybridized carbons (Fsp3) is 0.286. The van der Waals surface area contributed by atoms with Crippen molar-refractivity contribution < 1.29 is 0 Å². The molecule has 0 saturated heterocycles. The number of hydrogen-bond donors (Lipinski definition) is 1. The molecule has 0 fully saturated rings. The number of hydrogen-bond acceptors (Lipinski definition) is 2. The van der Waals surface area contributed by atoms with Gasteiger partial charge in [0.15, 0.2) is 0 Å². The molecule has 1 aromatic carbocycles. The fourth-order valence-corrected chi connectivity index (χ4v) is 4.37. The second kappa shape index (κ2) is 7.23. The Hall–Kier alpha value is 0.130. The zero-order valence-corrected chi connectivity index (χ0v) is 15.2. The minimum Gasteiger partial charge on any atom is -0.306 e. The topological polar surface area (TPSA) is 12.0 Å². The summed E-state index contributed by atoms with van der Waals surface area (Å²) in [5.74, 6) is 0. The van der Waals surface area contributed by atoms with Crippen molar-refractivity contribution in [2.75, 3.05) is 6.54 Å². The van der Waals surface area contributed by atoms with E-state index < -0.39 is 0 Å². The highest BCUT2D eigenvalue weighted by Gasteiger charge is 2.19. The van der Waals surface area contributed by atoms with Crippen LogP contribution in [0.2, 0.25) is 5.02 Å². The Morgan fingerprint density at radius 2 is 2.00 bits per heavy atom. The average molecular weight is 424 g/mol. The SMILES string of the molecule is CCCNC(c1ccc(Cl)cc1Br)c1cscc1Br. The van der Waals surface area contributed by atoms with E-state index in [2.05, 4.69) is 60.9 Å². The van der Waals surface area contributed by atoms with Gasteiger partial charge in [0.05, 0.1) is 6.04 Å². The molecule has 0 spiro atoms. The molecular formula is C14H14Br2ClNS. The molecule has 2 rings (SSSR count). The molecule has 1 aromatic heterocycles. The summed E-state index contributed by atoms with van der Waals surface area (Å²) in [5, 5.41) is 8.63. The summed E-state index contributed by atoms with van der Waals surface area (Å²) in [7, 11) is 0. The van der Waals surface area contributed by atoms with Crippen LogP contribution < -0.4 is 5.32 Å². The van der Waals surface area contributed by atoms with Crippen molar-refractivity contribution in [3.05, 3.63) is 54.1 Å². The van der Waals surface area contributed by atoms with Crippen LogP contribution in [0.25, 0.3) is 0 Å². The van der Waals surface area contributed by atoms with Gasteiger partial charge in [0, 0.05) is 19.3 Å². The van der Waals surface area contributed by atoms with Gasteiger partial charge in [-0.2, -0.15) is 11.3 Å². The molecule has 5 heteroatoms. The van der Waals surface area contributed by atoms with Gasteiger partial charge in [-0.15, -0.1) is 0 Å². The molecule has 1 atom stereocenters. The van der Waals surface area contributed by atoms with Gasteiger partial charge in [-0.05, 0) is 57.5 Å². The van der Waals surface area contributed by atoms with Crippen molar-refractivity contribution in [2.24, 2.45) is 0 Å². The van der Waals surface area contributed by atoms with Crippen LogP contribution in [0, 0.1) is 0 Å². The minimum absolute atomic E-state index is 0.173. The summed E-state index contributed by atoms with van der Waals surface area (Å²) in [6, 6.07) is 6.12. The Balaban J connectivity index is 2.40. The second-order valence-corrected chi connectivity index (χ2v) is 7.12. The smallest absolute Gasteiger partial charge is 0.0607 e. The van der Waals surface area contributed by atoms with Crippen LogP contribution in [0.4, 0.5) is 0 Å². The van der Waals surface area contributed by atoms with E-state index in [1.165, 1.54) is 11.1 Å². The van der Waals surface area contributed by atoms with Gasteiger partial charge in [-0.1, -0.05) is 40.5 Å². The Kier molecular flexibility index (Phi) is 5.90. The maximum absolute atomic E-state index is 6.02. The molecule has 0 aliphatic carbocycles. The van der Waals surface area contributed by atoms with E-state index in [9.17, 15) is 0 Å². The standard InChI is InChI=1S/C14H14Br2ClNS/c1-2-5-18-14(11-7-19-8-13(11)16)10-4-3-9(17)6-12(10)15/h3-4,6-8,14,18H,2,5H2,1H3. The first kappa shape index (κ1) is 15.5. The number of rotatable bonds is 5.